The summed E-state index contributed by atoms with van der Waals surface area (Å²) in [6.07, 6.45) is 4.05. The van der Waals surface area contributed by atoms with Crippen LogP contribution < -0.4 is 5.32 Å². The molecule has 5 nitrogen and oxygen atoms in total. The Kier molecular flexibility index (Phi) is 5.56. The Morgan fingerprint density at radius 1 is 1.48 bits per heavy atom. The number of amides is 1. The Balaban J connectivity index is 1.90. The molecule has 0 aromatic carbocycles. The predicted molar refractivity (Wildman–Crippen MR) is 85.6 cm³/mol. The molecule has 0 bridgehead atoms. The van der Waals surface area contributed by atoms with Gasteiger partial charge in [-0.05, 0) is 45.0 Å². The van der Waals surface area contributed by atoms with Crippen molar-refractivity contribution >= 4 is 11.6 Å². The Bertz CT molecular complexity index is 458. The highest BCUT2D eigenvalue weighted by molar-refractivity contribution is 5.92. The van der Waals surface area contributed by atoms with Gasteiger partial charge in [-0.2, -0.15) is 0 Å². The van der Waals surface area contributed by atoms with Gasteiger partial charge in [-0.25, -0.2) is 4.98 Å². The standard InChI is InChI=1S/C16H26N4O/c1-13-5-4-9-20(12-13)16(21)15-7-6-14(11-18-15)17-8-10-19(2)3/h6-7,11,13,17H,4-5,8-10,12H2,1-3H3. The van der Waals surface area contributed by atoms with E-state index in [4.69, 9.17) is 0 Å². The maximum Gasteiger partial charge on any atom is 0.272 e. The van der Waals surface area contributed by atoms with Gasteiger partial charge in [-0.1, -0.05) is 6.92 Å². The van der Waals surface area contributed by atoms with Gasteiger partial charge in [0.15, 0.2) is 0 Å². The third-order valence-electron chi connectivity index (χ3n) is 3.81. The third kappa shape index (κ3) is 4.70. The average Bonchev–Trinajstić information content (AvgIpc) is 2.47. The van der Waals surface area contributed by atoms with Crippen molar-refractivity contribution in [2.24, 2.45) is 5.92 Å². The molecule has 116 valence electrons. The van der Waals surface area contributed by atoms with Gasteiger partial charge in [-0.15, -0.1) is 0 Å². The van der Waals surface area contributed by atoms with Crippen LogP contribution in [0.3, 0.4) is 0 Å². The number of carbonyl (C=O) groups excluding carboxylic acids is 1. The minimum absolute atomic E-state index is 0.0568. The number of hydrogen-bond donors (Lipinski definition) is 1. The fourth-order valence-corrected chi connectivity index (χ4v) is 2.58. The van der Waals surface area contributed by atoms with E-state index in [1.54, 1.807) is 6.20 Å². The molecule has 1 aliphatic rings. The van der Waals surface area contributed by atoms with Crippen molar-refractivity contribution in [1.82, 2.24) is 14.8 Å². The second-order valence-electron chi connectivity index (χ2n) is 6.16. The molecule has 1 aromatic heterocycles. The third-order valence-corrected chi connectivity index (χ3v) is 3.81. The lowest BCUT2D eigenvalue weighted by Crippen LogP contribution is -2.39. The number of nitrogens with one attached hydrogen (secondary N) is 1. The molecule has 1 atom stereocenters. The summed E-state index contributed by atoms with van der Waals surface area (Å²) < 4.78 is 0. The maximum absolute atomic E-state index is 12.4. The summed E-state index contributed by atoms with van der Waals surface area (Å²) in [7, 11) is 4.09. The van der Waals surface area contributed by atoms with Gasteiger partial charge in [0.1, 0.15) is 5.69 Å². The fourth-order valence-electron chi connectivity index (χ4n) is 2.58. The minimum atomic E-state index is 0.0568. The van der Waals surface area contributed by atoms with E-state index in [0.29, 0.717) is 11.6 Å². The molecule has 0 saturated carbocycles. The van der Waals surface area contributed by atoms with Gasteiger partial charge in [0.25, 0.3) is 5.91 Å². The van der Waals surface area contributed by atoms with Crippen molar-refractivity contribution in [3.8, 4) is 0 Å². The van der Waals surface area contributed by atoms with Crippen LogP contribution in [0.15, 0.2) is 18.3 Å². The molecule has 2 heterocycles. The highest BCUT2D eigenvalue weighted by Gasteiger charge is 2.22. The Morgan fingerprint density at radius 2 is 2.29 bits per heavy atom. The zero-order valence-electron chi connectivity index (χ0n) is 13.3. The number of likely N-dealkylation sites (N-methyl/N-ethyl adjacent to an activating group) is 1. The largest absolute Gasteiger partial charge is 0.383 e. The molecule has 0 aliphatic carbocycles. The molecular weight excluding hydrogens is 264 g/mol. The van der Waals surface area contributed by atoms with Gasteiger partial charge in [0, 0.05) is 26.2 Å². The molecule has 1 unspecified atom stereocenters. The summed E-state index contributed by atoms with van der Waals surface area (Å²) in [6, 6.07) is 3.75. The van der Waals surface area contributed by atoms with Crippen molar-refractivity contribution in [3.63, 3.8) is 0 Å². The van der Waals surface area contributed by atoms with Crippen molar-refractivity contribution in [2.45, 2.75) is 19.8 Å². The van der Waals surface area contributed by atoms with E-state index in [0.717, 1.165) is 38.3 Å². The van der Waals surface area contributed by atoms with Gasteiger partial charge in [0.05, 0.1) is 11.9 Å². The van der Waals surface area contributed by atoms with Gasteiger partial charge < -0.3 is 15.1 Å². The Labute approximate surface area is 127 Å². The highest BCUT2D eigenvalue weighted by atomic mass is 16.2. The molecule has 1 aromatic rings. The SMILES string of the molecule is CC1CCCN(C(=O)c2ccc(NCCN(C)C)cn2)C1. The first-order chi connectivity index (χ1) is 10.1. The molecule has 1 aliphatic heterocycles. The number of likely N-dealkylation sites (tertiary alicyclic amines) is 1. The quantitative estimate of drug-likeness (QED) is 0.900. The van der Waals surface area contributed by atoms with Crippen LogP contribution in [0.4, 0.5) is 5.69 Å². The van der Waals surface area contributed by atoms with E-state index in [1.807, 2.05) is 31.1 Å². The number of aromatic nitrogens is 1. The molecule has 0 radical (unpaired) electrons. The van der Waals surface area contributed by atoms with Crippen LogP contribution >= 0.6 is 0 Å². The number of hydrogen-bond acceptors (Lipinski definition) is 4. The van der Waals surface area contributed by atoms with Crippen LogP contribution in [0.1, 0.15) is 30.3 Å². The summed E-state index contributed by atoms with van der Waals surface area (Å²) in [4.78, 5) is 20.8. The highest BCUT2D eigenvalue weighted by Crippen LogP contribution is 2.17. The zero-order chi connectivity index (χ0) is 15.2. The normalized spacial score (nSPS) is 18.9. The molecule has 1 amide bonds. The second kappa shape index (κ2) is 7.41. The molecular formula is C16H26N4O. The van der Waals surface area contributed by atoms with Gasteiger partial charge in [0.2, 0.25) is 0 Å². The van der Waals surface area contributed by atoms with Crippen molar-refractivity contribution in [2.75, 3.05) is 45.6 Å². The number of rotatable bonds is 5. The molecule has 2 rings (SSSR count). The second-order valence-corrected chi connectivity index (χ2v) is 6.16. The summed E-state index contributed by atoms with van der Waals surface area (Å²) in [5.74, 6) is 0.649. The van der Waals surface area contributed by atoms with Crippen LogP contribution in [0.2, 0.25) is 0 Å². The number of nitrogens with zero attached hydrogens (tertiary/aromatic N) is 3. The van der Waals surface area contributed by atoms with E-state index < -0.39 is 0 Å². The average molecular weight is 290 g/mol. The topological polar surface area (TPSA) is 48.5 Å². The number of pyridine rings is 1. The molecule has 1 saturated heterocycles. The van der Waals surface area contributed by atoms with Gasteiger partial charge >= 0.3 is 0 Å². The van der Waals surface area contributed by atoms with Crippen molar-refractivity contribution < 1.29 is 4.79 Å². The van der Waals surface area contributed by atoms with E-state index in [2.05, 4.69) is 22.1 Å². The molecule has 21 heavy (non-hydrogen) atoms. The van der Waals surface area contributed by atoms with Crippen LogP contribution in [0, 0.1) is 5.92 Å². The first-order valence-electron chi connectivity index (χ1n) is 7.70. The van der Waals surface area contributed by atoms with Gasteiger partial charge in [-0.3, -0.25) is 4.79 Å². The lowest BCUT2D eigenvalue weighted by molar-refractivity contribution is 0.0677. The van der Waals surface area contributed by atoms with Crippen molar-refractivity contribution in [3.05, 3.63) is 24.0 Å². The number of carbonyl (C=O) groups is 1. The van der Waals surface area contributed by atoms with Crippen LogP contribution in [-0.4, -0.2) is 61.0 Å². The monoisotopic (exact) mass is 290 g/mol. The maximum atomic E-state index is 12.4. The number of anilines is 1. The zero-order valence-corrected chi connectivity index (χ0v) is 13.3. The predicted octanol–water partition coefficient (Wildman–Crippen LogP) is 1.93. The summed E-state index contributed by atoms with van der Waals surface area (Å²) >= 11 is 0. The van der Waals surface area contributed by atoms with E-state index in [-0.39, 0.29) is 5.91 Å². The lowest BCUT2D eigenvalue weighted by Gasteiger charge is -2.30. The van der Waals surface area contributed by atoms with Crippen LogP contribution in [0.5, 0.6) is 0 Å². The Hall–Kier alpha value is -1.62. The smallest absolute Gasteiger partial charge is 0.272 e. The minimum Gasteiger partial charge on any atom is -0.383 e. The first kappa shape index (κ1) is 15.8. The van der Waals surface area contributed by atoms with Crippen molar-refractivity contribution in [1.29, 1.82) is 0 Å². The van der Waals surface area contributed by atoms with E-state index in [1.165, 1.54) is 6.42 Å². The van der Waals surface area contributed by atoms with E-state index >= 15 is 0 Å². The summed E-state index contributed by atoms with van der Waals surface area (Å²) in [6.45, 7) is 5.74. The van der Waals surface area contributed by atoms with Crippen LogP contribution in [-0.2, 0) is 0 Å². The number of piperidine rings is 1. The molecule has 0 spiro atoms. The lowest BCUT2D eigenvalue weighted by atomic mass is 10.00. The fraction of sp³-hybridized carbons (Fsp3) is 0.625. The molecule has 1 N–H and O–H groups in total. The molecule has 1 fully saturated rings. The van der Waals surface area contributed by atoms with E-state index in [9.17, 15) is 4.79 Å². The Morgan fingerprint density at radius 3 is 2.90 bits per heavy atom. The van der Waals surface area contributed by atoms with Crippen LogP contribution in [0.25, 0.3) is 0 Å². The molecule has 5 heteroatoms. The first-order valence-corrected chi connectivity index (χ1v) is 7.70. The summed E-state index contributed by atoms with van der Waals surface area (Å²) in [5.41, 5.74) is 1.50. The summed E-state index contributed by atoms with van der Waals surface area (Å²) in [5, 5.41) is 3.30.